The van der Waals surface area contributed by atoms with Crippen LogP contribution in [0.4, 0.5) is 0 Å². The van der Waals surface area contributed by atoms with Crippen LogP contribution in [0.2, 0.25) is 0 Å². The predicted octanol–water partition coefficient (Wildman–Crippen LogP) is 3.28. The monoisotopic (exact) mass is 252 g/mol. The van der Waals surface area contributed by atoms with Crippen molar-refractivity contribution in [2.24, 2.45) is 11.3 Å². The van der Waals surface area contributed by atoms with Crippen molar-refractivity contribution in [3.63, 3.8) is 0 Å². The summed E-state index contributed by atoms with van der Waals surface area (Å²) in [6.45, 7) is 11.4. The first kappa shape index (κ1) is 14.3. The summed E-state index contributed by atoms with van der Waals surface area (Å²) < 4.78 is 0. The number of rotatable bonds is 5. The van der Waals surface area contributed by atoms with Gasteiger partial charge in [-0.05, 0) is 82.6 Å². The van der Waals surface area contributed by atoms with Crippen LogP contribution in [0.3, 0.4) is 0 Å². The van der Waals surface area contributed by atoms with E-state index in [0.717, 1.165) is 5.92 Å². The molecule has 106 valence electrons. The van der Waals surface area contributed by atoms with E-state index in [9.17, 15) is 0 Å². The van der Waals surface area contributed by atoms with Crippen LogP contribution in [0, 0.1) is 11.3 Å². The van der Waals surface area contributed by atoms with Gasteiger partial charge in [0.05, 0.1) is 0 Å². The lowest BCUT2D eigenvalue weighted by Crippen LogP contribution is -2.39. The molecule has 0 spiro atoms. The van der Waals surface area contributed by atoms with Gasteiger partial charge < -0.3 is 10.2 Å². The maximum Gasteiger partial charge on any atom is -0.00135 e. The number of likely N-dealkylation sites (tertiary alicyclic amines) is 1. The minimum Gasteiger partial charge on any atom is -0.316 e. The van der Waals surface area contributed by atoms with Gasteiger partial charge in [0, 0.05) is 0 Å². The highest BCUT2D eigenvalue weighted by atomic mass is 15.1. The molecule has 0 aliphatic carbocycles. The molecule has 2 nitrogen and oxygen atoms in total. The van der Waals surface area contributed by atoms with E-state index in [2.05, 4.69) is 24.1 Å². The molecule has 1 N–H and O–H groups in total. The second kappa shape index (κ2) is 6.91. The molecule has 2 heterocycles. The second-order valence-electron chi connectivity index (χ2n) is 6.86. The van der Waals surface area contributed by atoms with Gasteiger partial charge in [-0.2, -0.15) is 0 Å². The van der Waals surface area contributed by atoms with Gasteiger partial charge in [-0.3, -0.25) is 0 Å². The summed E-state index contributed by atoms with van der Waals surface area (Å²) in [5.74, 6) is 0.962. The van der Waals surface area contributed by atoms with E-state index in [4.69, 9.17) is 0 Å². The Balaban J connectivity index is 1.57. The van der Waals surface area contributed by atoms with Crippen LogP contribution in [0.1, 0.15) is 58.8 Å². The van der Waals surface area contributed by atoms with Gasteiger partial charge in [-0.1, -0.05) is 20.3 Å². The minimum atomic E-state index is 0.643. The van der Waals surface area contributed by atoms with Gasteiger partial charge in [-0.25, -0.2) is 0 Å². The minimum absolute atomic E-state index is 0.643. The molecular weight excluding hydrogens is 220 g/mol. The standard InChI is InChI=1S/C16H32N2/c1-3-16(2)8-12-18(13-9-16)11-5-7-15-6-4-10-17-14-15/h15,17H,3-14H2,1-2H3. The van der Waals surface area contributed by atoms with Crippen molar-refractivity contribution in [2.75, 3.05) is 32.7 Å². The third-order valence-electron chi connectivity index (χ3n) is 5.40. The Labute approximate surface area is 114 Å². The van der Waals surface area contributed by atoms with Crippen LogP contribution in [0.25, 0.3) is 0 Å². The third kappa shape index (κ3) is 4.24. The molecule has 1 unspecified atom stereocenters. The van der Waals surface area contributed by atoms with Crippen molar-refractivity contribution >= 4 is 0 Å². The van der Waals surface area contributed by atoms with Crippen molar-refractivity contribution < 1.29 is 0 Å². The fourth-order valence-corrected chi connectivity index (χ4v) is 3.44. The van der Waals surface area contributed by atoms with Gasteiger partial charge >= 0.3 is 0 Å². The number of piperidine rings is 2. The Bertz CT molecular complexity index is 225. The zero-order chi connectivity index (χ0) is 12.8. The van der Waals surface area contributed by atoms with Gasteiger partial charge in [-0.15, -0.1) is 0 Å². The normalized spacial score (nSPS) is 29.3. The maximum atomic E-state index is 3.53. The van der Waals surface area contributed by atoms with Crippen LogP contribution in [-0.4, -0.2) is 37.6 Å². The quantitative estimate of drug-likeness (QED) is 0.808. The van der Waals surface area contributed by atoms with Crippen molar-refractivity contribution in [1.29, 1.82) is 0 Å². The summed E-state index contributed by atoms with van der Waals surface area (Å²) in [6, 6.07) is 0. The van der Waals surface area contributed by atoms with E-state index in [1.165, 1.54) is 77.7 Å². The van der Waals surface area contributed by atoms with Gasteiger partial charge in [0.25, 0.3) is 0 Å². The van der Waals surface area contributed by atoms with Crippen molar-refractivity contribution in [1.82, 2.24) is 10.2 Å². The highest BCUT2D eigenvalue weighted by Gasteiger charge is 2.27. The molecule has 0 aromatic rings. The van der Waals surface area contributed by atoms with E-state index >= 15 is 0 Å². The molecule has 2 fully saturated rings. The summed E-state index contributed by atoms with van der Waals surface area (Å²) in [5, 5.41) is 3.53. The topological polar surface area (TPSA) is 15.3 Å². The molecule has 2 aliphatic rings. The SMILES string of the molecule is CCC1(C)CCN(CCCC2CCCNC2)CC1. The predicted molar refractivity (Wildman–Crippen MR) is 78.9 cm³/mol. The second-order valence-corrected chi connectivity index (χ2v) is 6.86. The van der Waals surface area contributed by atoms with Crippen molar-refractivity contribution in [2.45, 2.75) is 58.8 Å². The molecule has 0 aromatic heterocycles. The first-order chi connectivity index (χ1) is 8.72. The summed E-state index contributed by atoms with van der Waals surface area (Å²) in [7, 11) is 0. The molecule has 2 rings (SSSR count). The lowest BCUT2D eigenvalue weighted by atomic mass is 9.78. The highest BCUT2D eigenvalue weighted by Crippen LogP contribution is 2.33. The van der Waals surface area contributed by atoms with Crippen LogP contribution in [-0.2, 0) is 0 Å². The largest absolute Gasteiger partial charge is 0.316 e. The van der Waals surface area contributed by atoms with E-state index < -0.39 is 0 Å². The molecule has 2 heteroatoms. The fraction of sp³-hybridized carbons (Fsp3) is 1.00. The number of nitrogens with zero attached hydrogens (tertiary/aromatic N) is 1. The first-order valence-electron chi connectivity index (χ1n) is 8.15. The van der Waals surface area contributed by atoms with Gasteiger partial charge in [0.2, 0.25) is 0 Å². The van der Waals surface area contributed by atoms with E-state index in [0.29, 0.717) is 5.41 Å². The fourth-order valence-electron chi connectivity index (χ4n) is 3.44. The number of hydrogen-bond acceptors (Lipinski definition) is 2. The first-order valence-corrected chi connectivity index (χ1v) is 8.15. The van der Waals surface area contributed by atoms with E-state index in [1.807, 2.05) is 0 Å². The Kier molecular flexibility index (Phi) is 5.50. The molecule has 0 aromatic carbocycles. The van der Waals surface area contributed by atoms with Crippen LogP contribution >= 0.6 is 0 Å². The van der Waals surface area contributed by atoms with Crippen LogP contribution in [0.15, 0.2) is 0 Å². The molecule has 18 heavy (non-hydrogen) atoms. The van der Waals surface area contributed by atoms with Gasteiger partial charge in [0.1, 0.15) is 0 Å². The molecule has 1 atom stereocenters. The lowest BCUT2D eigenvalue weighted by Gasteiger charge is -2.39. The van der Waals surface area contributed by atoms with Crippen molar-refractivity contribution in [3.05, 3.63) is 0 Å². The lowest BCUT2D eigenvalue weighted by molar-refractivity contribution is 0.112. The molecule has 0 saturated carbocycles. The molecule has 2 aliphatic heterocycles. The Hall–Kier alpha value is -0.0800. The van der Waals surface area contributed by atoms with Crippen molar-refractivity contribution in [3.8, 4) is 0 Å². The maximum absolute atomic E-state index is 3.53. The molecule has 0 radical (unpaired) electrons. The average molecular weight is 252 g/mol. The zero-order valence-corrected chi connectivity index (χ0v) is 12.5. The van der Waals surface area contributed by atoms with Crippen LogP contribution < -0.4 is 5.32 Å². The molecule has 0 bridgehead atoms. The Morgan fingerprint density at radius 2 is 2.06 bits per heavy atom. The van der Waals surface area contributed by atoms with E-state index in [1.54, 1.807) is 0 Å². The zero-order valence-electron chi connectivity index (χ0n) is 12.5. The van der Waals surface area contributed by atoms with E-state index in [-0.39, 0.29) is 0 Å². The molecule has 2 saturated heterocycles. The summed E-state index contributed by atoms with van der Waals surface area (Å²) in [6.07, 6.45) is 9.88. The Morgan fingerprint density at radius 1 is 1.28 bits per heavy atom. The number of hydrogen-bond donors (Lipinski definition) is 1. The summed E-state index contributed by atoms with van der Waals surface area (Å²) in [5.41, 5.74) is 0.643. The summed E-state index contributed by atoms with van der Waals surface area (Å²) >= 11 is 0. The van der Waals surface area contributed by atoms with Gasteiger partial charge in [0.15, 0.2) is 0 Å². The number of nitrogens with one attached hydrogen (secondary N) is 1. The third-order valence-corrected chi connectivity index (χ3v) is 5.40. The summed E-state index contributed by atoms with van der Waals surface area (Å²) in [4.78, 5) is 2.70. The smallest absolute Gasteiger partial charge is 0.00135 e. The highest BCUT2D eigenvalue weighted by molar-refractivity contribution is 4.81. The average Bonchev–Trinajstić information content (AvgIpc) is 2.42. The molecule has 0 amide bonds. The molecular formula is C16H32N2. The van der Waals surface area contributed by atoms with Crippen LogP contribution in [0.5, 0.6) is 0 Å². The Morgan fingerprint density at radius 3 is 2.67 bits per heavy atom.